The van der Waals surface area contributed by atoms with Crippen LogP contribution in [0.4, 0.5) is 10.8 Å². The quantitative estimate of drug-likeness (QED) is 0.233. The van der Waals surface area contributed by atoms with Gasteiger partial charge in [0.2, 0.25) is 0 Å². The minimum Gasteiger partial charge on any atom is -0.283 e. The molecule has 2 aromatic heterocycles. The van der Waals surface area contributed by atoms with Gasteiger partial charge < -0.3 is 0 Å². The summed E-state index contributed by atoms with van der Waals surface area (Å²) in [6.07, 6.45) is 6.62. The molecule has 0 unspecified atom stereocenters. The first-order valence-electron chi connectivity index (χ1n) is 11.0. The number of carbonyl (C=O) groups is 1. The zero-order valence-corrected chi connectivity index (χ0v) is 21.7. The average molecular weight is 549 g/mol. The maximum Gasteiger partial charge on any atom is 0.267 e. The highest BCUT2D eigenvalue weighted by Gasteiger charge is 2.33. The molecular formula is C25H20N6O3S3. The van der Waals surface area contributed by atoms with Crippen LogP contribution in [0.3, 0.4) is 0 Å². The number of H-pyrrole nitrogens is 1. The van der Waals surface area contributed by atoms with Crippen molar-refractivity contribution in [1.29, 1.82) is 0 Å². The largest absolute Gasteiger partial charge is 0.283 e. The molecule has 1 fully saturated rings. The Morgan fingerprint density at radius 3 is 2.62 bits per heavy atom. The maximum absolute atomic E-state index is 13.2. The second kappa shape index (κ2) is 10.5. The van der Waals surface area contributed by atoms with Gasteiger partial charge in [-0.15, -0.1) is 17.9 Å². The van der Waals surface area contributed by atoms with Crippen molar-refractivity contribution < 1.29 is 13.2 Å². The van der Waals surface area contributed by atoms with Crippen molar-refractivity contribution in [3.8, 4) is 11.3 Å². The van der Waals surface area contributed by atoms with Gasteiger partial charge >= 0.3 is 0 Å². The zero-order chi connectivity index (χ0) is 25.8. The number of thiazole rings is 1. The van der Waals surface area contributed by atoms with Gasteiger partial charge in [0.25, 0.3) is 15.9 Å². The molecule has 9 nitrogen and oxygen atoms in total. The Hall–Kier alpha value is -4.00. The van der Waals surface area contributed by atoms with E-state index in [9.17, 15) is 13.2 Å². The van der Waals surface area contributed by atoms with E-state index in [1.54, 1.807) is 35.9 Å². The summed E-state index contributed by atoms with van der Waals surface area (Å²) in [4.78, 5) is 23.9. The number of benzene rings is 2. The fourth-order valence-corrected chi connectivity index (χ4v) is 6.31. The number of hydrogen-bond acceptors (Lipinski definition) is 8. The van der Waals surface area contributed by atoms with Crippen molar-refractivity contribution >= 4 is 61.1 Å². The summed E-state index contributed by atoms with van der Waals surface area (Å²) in [7, 11) is -3.77. The molecular weight excluding hydrogens is 529 g/mol. The minimum absolute atomic E-state index is 0.0822. The van der Waals surface area contributed by atoms with Crippen LogP contribution in [0.15, 0.2) is 99.8 Å². The Bertz CT molecular complexity index is 1590. The molecule has 5 rings (SSSR count). The molecule has 1 aliphatic heterocycles. The second-order valence-corrected chi connectivity index (χ2v) is 11.3. The smallest absolute Gasteiger partial charge is 0.267 e. The van der Waals surface area contributed by atoms with Crippen LogP contribution in [0.25, 0.3) is 17.3 Å². The first-order chi connectivity index (χ1) is 17.9. The summed E-state index contributed by atoms with van der Waals surface area (Å²) in [5.74, 6) is -0.198. The molecule has 12 heteroatoms. The van der Waals surface area contributed by atoms with Crippen LogP contribution in [-0.2, 0) is 14.8 Å². The number of hydrogen-bond donors (Lipinski definition) is 2. The maximum atomic E-state index is 13.2. The van der Waals surface area contributed by atoms with Gasteiger partial charge in [-0.3, -0.25) is 19.5 Å². The molecule has 3 heterocycles. The third kappa shape index (κ3) is 5.40. The van der Waals surface area contributed by atoms with Crippen LogP contribution in [0.1, 0.15) is 5.56 Å². The third-order valence-electron chi connectivity index (χ3n) is 5.24. The zero-order valence-electron chi connectivity index (χ0n) is 19.2. The van der Waals surface area contributed by atoms with E-state index >= 15 is 0 Å². The number of thioether (sulfide) groups is 1. The van der Waals surface area contributed by atoms with Gasteiger partial charge in [-0.25, -0.2) is 18.4 Å². The lowest BCUT2D eigenvalue weighted by atomic mass is 10.1. The molecule has 0 aliphatic carbocycles. The van der Waals surface area contributed by atoms with Gasteiger partial charge in [-0.05, 0) is 42.1 Å². The number of rotatable bonds is 8. The Labute approximate surface area is 221 Å². The van der Waals surface area contributed by atoms with Crippen LogP contribution >= 0.6 is 23.1 Å². The molecule has 0 radical (unpaired) electrons. The van der Waals surface area contributed by atoms with Crippen LogP contribution in [0, 0.1) is 0 Å². The van der Waals surface area contributed by atoms with Crippen molar-refractivity contribution in [2.24, 2.45) is 4.99 Å². The summed E-state index contributed by atoms with van der Waals surface area (Å²) >= 11 is 2.43. The van der Waals surface area contributed by atoms with E-state index in [-0.39, 0.29) is 22.5 Å². The molecule has 0 spiro atoms. The van der Waals surface area contributed by atoms with Gasteiger partial charge in [-0.1, -0.05) is 36.4 Å². The number of anilines is 1. The first-order valence-corrected chi connectivity index (χ1v) is 14.1. The van der Waals surface area contributed by atoms with Crippen LogP contribution in [0.2, 0.25) is 0 Å². The molecule has 186 valence electrons. The number of amides is 1. The van der Waals surface area contributed by atoms with Crippen LogP contribution < -0.4 is 4.72 Å². The second-order valence-electron chi connectivity index (χ2n) is 7.71. The molecule has 1 saturated heterocycles. The van der Waals surface area contributed by atoms with E-state index in [0.717, 1.165) is 16.8 Å². The molecule has 4 aromatic rings. The minimum atomic E-state index is -3.77. The molecule has 37 heavy (non-hydrogen) atoms. The fourth-order valence-electron chi connectivity index (χ4n) is 3.52. The van der Waals surface area contributed by atoms with Crippen molar-refractivity contribution in [3.63, 3.8) is 0 Å². The van der Waals surface area contributed by atoms with Crippen molar-refractivity contribution in [2.75, 3.05) is 11.3 Å². The fraction of sp³-hybridized carbons (Fsp3) is 0.0400. The Morgan fingerprint density at radius 1 is 1.14 bits per heavy atom. The van der Waals surface area contributed by atoms with Crippen LogP contribution in [-0.4, -0.2) is 46.1 Å². The number of aliphatic imine (C=N–C) groups is 1. The van der Waals surface area contributed by atoms with E-state index in [4.69, 9.17) is 0 Å². The molecule has 2 N–H and O–H groups in total. The van der Waals surface area contributed by atoms with E-state index in [1.807, 2.05) is 30.3 Å². The van der Waals surface area contributed by atoms with E-state index in [0.29, 0.717) is 15.8 Å². The number of sulfonamides is 1. The summed E-state index contributed by atoms with van der Waals surface area (Å²) in [6.45, 7) is 4.03. The van der Waals surface area contributed by atoms with E-state index < -0.39 is 10.0 Å². The van der Waals surface area contributed by atoms with Gasteiger partial charge in [0.1, 0.15) is 0 Å². The Balaban J connectivity index is 1.41. The molecule has 2 aromatic carbocycles. The summed E-state index contributed by atoms with van der Waals surface area (Å²) in [5.41, 5.74) is 3.06. The summed E-state index contributed by atoms with van der Waals surface area (Å²) in [5, 5.41) is 9.59. The summed E-state index contributed by atoms with van der Waals surface area (Å²) in [6, 6.07) is 15.8. The van der Waals surface area contributed by atoms with E-state index in [1.165, 1.54) is 46.3 Å². The Morgan fingerprint density at radius 2 is 1.92 bits per heavy atom. The number of amidine groups is 1. The number of nitrogens with one attached hydrogen (secondary N) is 2. The first kappa shape index (κ1) is 24.7. The Kier molecular flexibility index (Phi) is 7.04. The third-order valence-corrected chi connectivity index (χ3v) is 8.42. The normalized spacial score (nSPS) is 16.0. The molecule has 0 atom stereocenters. The predicted molar refractivity (Wildman–Crippen MR) is 148 cm³/mol. The molecule has 0 bridgehead atoms. The standard InChI is InChI=1S/C25H20N6O3S3/c1-2-13-31-23(32)21(15-18-16-27-29-22(18)17-6-4-3-5-7-17)36-25(31)28-19-8-10-20(11-9-19)37(33,34)30-24-26-12-14-35-24/h2-12,14-16H,1,13H2,(H,26,30)(H,27,29). The molecule has 0 saturated carbocycles. The van der Waals surface area contributed by atoms with Crippen molar-refractivity contribution in [2.45, 2.75) is 4.90 Å². The van der Waals surface area contributed by atoms with Crippen molar-refractivity contribution in [1.82, 2.24) is 20.1 Å². The lowest BCUT2D eigenvalue weighted by Gasteiger charge is -2.12. The van der Waals surface area contributed by atoms with Gasteiger partial charge in [0, 0.05) is 29.2 Å². The summed E-state index contributed by atoms with van der Waals surface area (Å²) < 4.78 is 27.6. The molecule has 1 amide bonds. The monoisotopic (exact) mass is 548 g/mol. The lowest BCUT2D eigenvalue weighted by molar-refractivity contribution is -0.121. The topological polar surface area (TPSA) is 120 Å². The number of aromatic amines is 1. The van der Waals surface area contributed by atoms with E-state index in [2.05, 4.69) is 31.5 Å². The highest BCUT2D eigenvalue weighted by molar-refractivity contribution is 8.18. The predicted octanol–water partition coefficient (Wildman–Crippen LogP) is 5.12. The van der Waals surface area contributed by atoms with Crippen LogP contribution in [0.5, 0.6) is 0 Å². The SMILES string of the molecule is C=CCN1C(=O)C(=Cc2cn[nH]c2-c2ccccc2)SC1=Nc1ccc(S(=O)(=O)Nc2nccs2)cc1. The van der Waals surface area contributed by atoms with Gasteiger partial charge in [0.15, 0.2) is 10.3 Å². The number of nitrogens with zero attached hydrogens (tertiary/aromatic N) is 4. The average Bonchev–Trinajstić information content (AvgIpc) is 3.64. The van der Waals surface area contributed by atoms with Gasteiger partial charge in [0.05, 0.1) is 27.4 Å². The molecule has 1 aliphatic rings. The van der Waals surface area contributed by atoms with Gasteiger partial charge in [-0.2, -0.15) is 5.10 Å². The number of carbonyl (C=O) groups excluding carboxylic acids is 1. The van der Waals surface area contributed by atoms with Crippen molar-refractivity contribution in [3.05, 3.63) is 95.5 Å². The lowest BCUT2D eigenvalue weighted by Crippen LogP contribution is -2.29. The highest BCUT2D eigenvalue weighted by Crippen LogP contribution is 2.35. The number of aromatic nitrogens is 3. The highest BCUT2D eigenvalue weighted by atomic mass is 32.2.